The Bertz CT molecular complexity index is 308. The van der Waals surface area contributed by atoms with Crippen molar-refractivity contribution in [3.8, 4) is 11.8 Å². The van der Waals surface area contributed by atoms with E-state index in [2.05, 4.69) is 11.8 Å². The molecule has 0 aliphatic carbocycles. The minimum absolute atomic E-state index is 0.304. The molecule has 2 N–H and O–H groups in total. The predicted octanol–water partition coefficient (Wildman–Crippen LogP) is 0.774. The van der Waals surface area contributed by atoms with Crippen LogP contribution in [0.25, 0.3) is 0 Å². The van der Waals surface area contributed by atoms with Gasteiger partial charge in [-0.15, -0.1) is 0 Å². The molecule has 0 aromatic rings. The molecule has 0 bridgehead atoms. The first kappa shape index (κ1) is 12.4. The Morgan fingerprint density at radius 1 is 1.40 bits per heavy atom. The molecule has 1 heterocycles. The van der Waals surface area contributed by atoms with E-state index < -0.39 is 19.6 Å². The molecule has 1 rings (SSSR count). The van der Waals surface area contributed by atoms with Crippen molar-refractivity contribution < 1.29 is 23.8 Å². The third-order valence-corrected chi connectivity index (χ3v) is 4.81. The summed E-state index contributed by atoms with van der Waals surface area (Å²) < 4.78 is 10.5. The third kappa shape index (κ3) is 2.47. The molecule has 1 saturated heterocycles. The fourth-order valence-electron chi connectivity index (χ4n) is 1.34. The van der Waals surface area contributed by atoms with Crippen LogP contribution in [0, 0.1) is 11.8 Å². The molecular formula is C9H15O5P. The average molecular weight is 234 g/mol. The second-order valence-electron chi connectivity index (χ2n) is 3.44. The van der Waals surface area contributed by atoms with E-state index in [0.717, 1.165) is 0 Å². The SMILES string of the molecule is CC#CC(C(=O)O)[PH]1(O)OC(C)C(C)O1. The van der Waals surface area contributed by atoms with Crippen molar-refractivity contribution in [3.05, 3.63) is 0 Å². The first-order valence-electron chi connectivity index (χ1n) is 4.64. The first-order chi connectivity index (χ1) is 6.90. The Hall–Kier alpha value is -0.660. The normalized spacial score (nSPS) is 32.5. The molecule has 5 nitrogen and oxygen atoms in total. The molecule has 1 aliphatic rings. The summed E-state index contributed by atoms with van der Waals surface area (Å²) in [5.41, 5.74) is -1.25. The van der Waals surface area contributed by atoms with Gasteiger partial charge in [-0.25, -0.2) is 0 Å². The van der Waals surface area contributed by atoms with Crippen LogP contribution >= 0.6 is 7.94 Å². The van der Waals surface area contributed by atoms with E-state index in [1.165, 1.54) is 6.92 Å². The van der Waals surface area contributed by atoms with E-state index in [9.17, 15) is 9.69 Å². The topological polar surface area (TPSA) is 76.0 Å². The fourth-order valence-corrected chi connectivity index (χ4v) is 3.76. The molecule has 1 aliphatic heterocycles. The van der Waals surface area contributed by atoms with Crippen molar-refractivity contribution in [1.82, 2.24) is 0 Å². The van der Waals surface area contributed by atoms with Crippen molar-refractivity contribution in [3.63, 3.8) is 0 Å². The molecule has 0 spiro atoms. The maximum absolute atomic E-state index is 10.9. The maximum atomic E-state index is 10.9. The Morgan fingerprint density at radius 3 is 2.20 bits per heavy atom. The van der Waals surface area contributed by atoms with E-state index in [1.807, 2.05) is 0 Å². The van der Waals surface area contributed by atoms with E-state index in [-0.39, 0.29) is 12.2 Å². The molecule has 0 radical (unpaired) electrons. The van der Waals surface area contributed by atoms with Crippen LogP contribution in [-0.2, 0) is 13.8 Å². The van der Waals surface area contributed by atoms with Gasteiger partial charge in [0.05, 0.1) is 0 Å². The molecule has 0 aromatic carbocycles. The van der Waals surface area contributed by atoms with Gasteiger partial charge >= 0.3 is 88.2 Å². The monoisotopic (exact) mass is 234 g/mol. The van der Waals surface area contributed by atoms with Crippen LogP contribution in [0.15, 0.2) is 0 Å². The van der Waals surface area contributed by atoms with Gasteiger partial charge in [0.1, 0.15) is 0 Å². The Kier molecular flexibility index (Phi) is 3.69. The zero-order chi connectivity index (χ0) is 11.6. The number of carboxylic acids is 1. The zero-order valence-electron chi connectivity index (χ0n) is 8.85. The summed E-state index contributed by atoms with van der Waals surface area (Å²) >= 11 is 0. The molecule has 3 unspecified atom stereocenters. The van der Waals surface area contributed by atoms with Crippen molar-refractivity contribution in [2.45, 2.75) is 38.6 Å². The second kappa shape index (κ2) is 4.46. The summed E-state index contributed by atoms with van der Waals surface area (Å²) in [4.78, 5) is 20.9. The summed E-state index contributed by atoms with van der Waals surface area (Å²) in [6.45, 7) is 4.97. The fraction of sp³-hybridized carbons (Fsp3) is 0.667. The number of carbonyl (C=O) groups is 1. The average Bonchev–Trinajstić information content (AvgIpc) is 2.37. The van der Waals surface area contributed by atoms with Crippen molar-refractivity contribution in [2.75, 3.05) is 0 Å². The first-order valence-corrected chi connectivity index (χ1v) is 6.48. The molecular weight excluding hydrogens is 219 g/mol. The molecule has 3 atom stereocenters. The third-order valence-electron chi connectivity index (χ3n) is 2.27. The summed E-state index contributed by atoms with van der Waals surface area (Å²) in [5, 5.41) is 8.91. The molecule has 86 valence electrons. The van der Waals surface area contributed by atoms with Crippen LogP contribution in [0.3, 0.4) is 0 Å². The Balaban J connectivity index is 2.92. The summed E-state index contributed by atoms with van der Waals surface area (Å²) in [5.74, 6) is 3.67. The van der Waals surface area contributed by atoms with Gasteiger partial charge in [-0.05, 0) is 0 Å². The van der Waals surface area contributed by atoms with Gasteiger partial charge in [0, 0.05) is 0 Å². The van der Waals surface area contributed by atoms with Crippen LogP contribution in [-0.4, -0.2) is 33.8 Å². The standard InChI is InChI=1S/C9H15O5P/c1-4-5-8(9(10)11)15(12)13-6(2)7(3)14-15/h6-8,12,15H,1-3H3,(H,10,11). The molecule has 0 amide bonds. The minimum atomic E-state index is -3.70. The van der Waals surface area contributed by atoms with Gasteiger partial charge in [0.25, 0.3) is 0 Å². The number of carboxylic acid groups (broad SMARTS) is 1. The quantitative estimate of drug-likeness (QED) is 0.545. The second-order valence-corrected chi connectivity index (χ2v) is 5.75. The van der Waals surface area contributed by atoms with Crippen molar-refractivity contribution in [1.29, 1.82) is 0 Å². The zero-order valence-corrected chi connectivity index (χ0v) is 9.85. The Morgan fingerprint density at radius 2 is 1.87 bits per heavy atom. The number of rotatable bonds is 2. The Labute approximate surface area is 89.0 Å². The van der Waals surface area contributed by atoms with Gasteiger partial charge in [-0.3, -0.25) is 0 Å². The van der Waals surface area contributed by atoms with Gasteiger partial charge in [0.2, 0.25) is 0 Å². The van der Waals surface area contributed by atoms with Crippen LogP contribution < -0.4 is 0 Å². The van der Waals surface area contributed by atoms with E-state index in [4.69, 9.17) is 14.2 Å². The molecule has 1 fully saturated rings. The number of hydrogen-bond acceptors (Lipinski definition) is 4. The van der Waals surface area contributed by atoms with E-state index in [1.54, 1.807) is 13.8 Å². The van der Waals surface area contributed by atoms with E-state index in [0.29, 0.717) is 0 Å². The molecule has 0 saturated carbocycles. The summed E-state index contributed by atoms with van der Waals surface area (Å²) in [7, 11) is -3.70. The van der Waals surface area contributed by atoms with Gasteiger partial charge in [0.15, 0.2) is 0 Å². The van der Waals surface area contributed by atoms with Crippen LogP contribution in [0.1, 0.15) is 20.8 Å². The van der Waals surface area contributed by atoms with Gasteiger partial charge in [-0.1, -0.05) is 0 Å². The van der Waals surface area contributed by atoms with Gasteiger partial charge in [-0.2, -0.15) is 0 Å². The molecule has 0 aromatic heterocycles. The van der Waals surface area contributed by atoms with Crippen molar-refractivity contribution in [2.24, 2.45) is 0 Å². The number of aliphatic carboxylic acids is 1. The molecule has 15 heavy (non-hydrogen) atoms. The summed E-state index contributed by atoms with van der Waals surface area (Å²) in [6.07, 6.45) is -0.607. The summed E-state index contributed by atoms with van der Waals surface area (Å²) in [6, 6.07) is 0. The predicted molar refractivity (Wildman–Crippen MR) is 56.5 cm³/mol. The van der Waals surface area contributed by atoms with Crippen LogP contribution in [0.5, 0.6) is 0 Å². The van der Waals surface area contributed by atoms with E-state index >= 15 is 0 Å². The number of hydrogen-bond donors (Lipinski definition) is 2. The van der Waals surface area contributed by atoms with Crippen LogP contribution in [0.2, 0.25) is 0 Å². The van der Waals surface area contributed by atoms with Crippen molar-refractivity contribution >= 4 is 13.9 Å². The van der Waals surface area contributed by atoms with Gasteiger partial charge < -0.3 is 0 Å². The van der Waals surface area contributed by atoms with Crippen LogP contribution in [0.4, 0.5) is 0 Å². The molecule has 6 heteroatoms.